The first-order chi connectivity index (χ1) is 12.9. The SMILES string of the molecule is Cc1nnc(SCCNC(=O)c2cc3ccc(OC(C)C)cc3oc2=O)s1. The van der Waals surface area contributed by atoms with Gasteiger partial charge in [-0.1, -0.05) is 23.1 Å². The molecule has 0 fully saturated rings. The van der Waals surface area contributed by atoms with Crippen LogP contribution in [0.5, 0.6) is 5.75 Å². The van der Waals surface area contributed by atoms with Crippen molar-refractivity contribution in [3.05, 3.63) is 45.3 Å². The number of carbonyl (C=O) groups is 1. The van der Waals surface area contributed by atoms with Gasteiger partial charge in [-0.05, 0) is 39.0 Å². The predicted molar refractivity (Wildman–Crippen MR) is 106 cm³/mol. The van der Waals surface area contributed by atoms with E-state index in [1.807, 2.05) is 20.8 Å². The molecule has 9 heteroatoms. The minimum absolute atomic E-state index is 0.0150. The summed E-state index contributed by atoms with van der Waals surface area (Å²) in [7, 11) is 0. The number of carbonyl (C=O) groups excluding carboxylic acids is 1. The maximum absolute atomic E-state index is 12.3. The minimum Gasteiger partial charge on any atom is -0.491 e. The molecule has 0 saturated heterocycles. The normalized spacial score (nSPS) is 11.1. The minimum atomic E-state index is -0.672. The van der Waals surface area contributed by atoms with E-state index in [1.165, 1.54) is 29.2 Å². The van der Waals surface area contributed by atoms with Crippen molar-refractivity contribution in [2.45, 2.75) is 31.2 Å². The standard InChI is InChI=1S/C18H19N3O4S2/c1-10(2)24-13-5-4-12-8-14(17(23)25-15(12)9-13)16(22)19-6-7-26-18-21-20-11(3)27-18/h4-5,8-10H,6-7H2,1-3H3,(H,19,22). The Kier molecular flexibility index (Phi) is 6.12. The molecule has 7 nitrogen and oxygen atoms in total. The van der Waals surface area contributed by atoms with E-state index in [4.69, 9.17) is 9.15 Å². The van der Waals surface area contributed by atoms with Crippen LogP contribution in [0.1, 0.15) is 29.2 Å². The maximum Gasteiger partial charge on any atom is 0.349 e. The Morgan fingerprint density at radius 2 is 2.15 bits per heavy atom. The number of aromatic nitrogens is 2. The molecule has 1 N–H and O–H groups in total. The number of ether oxygens (including phenoxy) is 1. The van der Waals surface area contributed by atoms with Crippen LogP contribution in [0.3, 0.4) is 0 Å². The van der Waals surface area contributed by atoms with Crippen LogP contribution >= 0.6 is 23.1 Å². The van der Waals surface area contributed by atoms with E-state index in [0.29, 0.717) is 29.0 Å². The highest BCUT2D eigenvalue weighted by molar-refractivity contribution is 8.01. The van der Waals surface area contributed by atoms with Crippen LogP contribution in [-0.4, -0.2) is 34.5 Å². The fraction of sp³-hybridized carbons (Fsp3) is 0.333. The number of fused-ring (bicyclic) bond motifs is 1. The average Bonchev–Trinajstić information content (AvgIpc) is 3.02. The lowest BCUT2D eigenvalue weighted by Gasteiger charge is -2.10. The molecule has 0 radical (unpaired) electrons. The summed E-state index contributed by atoms with van der Waals surface area (Å²) in [4.78, 5) is 24.5. The lowest BCUT2D eigenvalue weighted by Crippen LogP contribution is -2.29. The molecule has 0 saturated carbocycles. The van der Waals surface area contributed by atoms with Gasteiger partial charge in [0.15, 0.2) is 4.34 Å². The van der Waals surface area contributed by atoms with E-state index in [-0.39, 0.29) is 11.7 Å². The third-order valence-electron chi connectivity index (χ3n) is 3.44. The van der Waals surface area contributed by atoms with Gasteiger partial charge in [0.2, 0.25) is 0 Å². The van der Waals surface area contributed by atoms with Gasteiger partial charge in [0.25, 0.3) is 5.91 Å². The van der Waals surface area contributed by atoms with E-state index in [9.17, 15) is 9.59 Å². The molecular weight excluding hydrogens is 386 g/mol. The first kappa shape index (κ1) is 19.4. The number of amides is 1. The van der Waals surface area contributed by atoms with Crippen LogP contribution < -0.4 is 15.7 Å². The largest absolute Gasteiger partial charge is 0.491 e. The predicted octanol–water partition coefficient (Wildman–Crippen LogP) is 3.26. The topological polar surface area (TPSA) is 94.3 Å². The van der Waals surface area contributed by atoms with Gasteiger partial charge >= 0.3 is 5.63 Å². The van der Waals surface area contributed by atoms with Crippen LogP contribution in [0, 0.1) is 6.92 Å². The third kappa shape index (κ3) is 5.08. The Morgan fingerprint density at radius 3 is 2.85 bits per heavy atom. The Hall–Kier alpha value is -2.39. The number of aryl methyl sites for hydroxylation is 1. The highest BCUT2D eigenvalue weighted by Gasteiger charge is 2.14. The average molecular weight is 406 g/mol. The van der Waals surface area contributed by atoms with E-state index in [2.05, 4.69) is 15.5 Å². The van der Waals surface area contributed by atoms with Gasteiger partial charge in [-0.2, -0.15) is 0 Å². The number of benzene rings is 1. The van der Waals surface area contributed by atoms with E-state index in [1.54, 1.807) is 18.2 Å². The second-order valence-corrected chi connectivity index (χ2v) is 8.53. The monoisotopic (exact) mass is 405 g/mol. The van der Waals surface area contributed by atoms with Gasteiger partial charge in [0.1, 0.15) is 21.9 Å². The molecule has 0 bridgehead atoms. The Bertz CT molecular complexity index is 1010. The number of nitrogens with zero attached hydrogens (tertiary/aromatic N) is 2. The maximum atomic E-state index is 12.3. The quantitative estimate of drug-likeness (QED) is 0.366. The van der Waals surface area contributed by atoms with Gasteiger partial charge < -0.3 is 14.5 Å². The second kappa shape index (κ2) is 8.53. The molecule has 1 aromatic carbocycles. The summed E-state index contributed by atoms with van der Waals surface area (Å²) in [6.07, 6.45) is 0.0150. The summed E-state index contributed by atoms with van der Waals surface area (Å²) in [6.45, 7) is 6.12. The number of hydrogen-bond acceptors (Lipinski definition) is 8. The van der Waals surface area contributed by atoms with Crippen molar-refractivity contribution >= 4 is 40.0 Å². The third-order valence-corrected chi connectivity index (χ3v) is 5.42. The molecule has 3 rings (SSSR count). The van der Waals surface area contributed by atoms with Crippen molar-refractivity contribution in [2.24, 2.45) is 0 Å². The smallest absolute Gasteiger partial charge is 0.349 e. The molecule has 27 heavy (non-hydrogen) atoms. The Labute approximate surface area is 164 Å². The summed E-state index contributed by atoms with van der Waals surface area (Å²) < 4.78 is 11.7. The van der Waals surface area contributed by atoms with Crippen molar-refractivity contribution in [2.75, 3.05) is 12.3 Å². The van der Waals surface area contributed by atoms with E-state index >= 15 is 0 Å². The molecule has 0 aliphatic carbocycles. The molecule has 3 aromatic rings. The molecular formula is C18H19N3O4S2. The summed E-state index contributed by atoms with van der Waals surface area (Å²) >= 11 is 3.01. The van der Waals surface area contributed by atoms with Gasteiger partial charge in [-0.25, -0.2) is 4.79 Å². The van der Waals surface area contributed by atoms with Crippen molar-refractivity contribution in [1.29, 1.82) is 0 Å². The fourth-order valence-electron chi connectivity index (χ4n) is 2.33. The lowest BCUT2D eigenvalue weighted by atomic mass is 10.1. The van der Waals surface area contributed by atoms with E-state index in [0.717, 1.165) is 9.35 Å². The molecule has 142 valence electrons. The van der Waals surface area contributed by atoms with Crippen LogP contribution in [0.4, 0.5) is 0 Å². The molecule has 0 aliphatic rings. The fourth-order valence-corrected chi connectivity index (χ4v) is 4.07. The first-order valence-electron chi connectivity index (χ1n) is 8.38. The molecule has 0 aliphatic heterocycles. The Morgan fingerprint density at radius 1 is 1.33 bits per heavy atom. The highest BCUT2D eigenvalue weighted by Crippen LogP contribution is 2.22. The van der Waals surface area contributed by atoms with Crippen molar-refractivity contribution in [1.82, 2.24) is 15.5 Å². The van der Waals surface area contributed by atoms with Crippen molar-refractivity contribution < 1.29 is 13.9 Å². The molecule has 2 aromatic heterocycles. The zero-order valence-electron chi connectivity index (χ0n) is 15.1. The van der Waals surface area contributed by atoms with Crippen LogP contribution in [0.25, 0.3) is 11.0 Å². The van der Waals surface area contributed by atoms with Crippen molar-refractivity contribution in [3.8, 4) is 5.75 Å². The summed E-state index contributed by atoms with van der Waals surface area (Å²) in [6, 6.07) is 6.74. The summed E-state index contributed by atoms with van der Waals surface area (Å²) in [5.41, 5.74) is -0.303. The number of rotatable bonds is 7. The van der Waals surface area contributed by atoms with Gasteiger partial charge in [-0.3, -0.25) is 4.79 Å². The zero-order chi connectivity index (χ0) is 19.4. The van der Waals surface area contributed by atoms with Crippen LogP contribution in [0.15, 0.2) is 37.8 Å². The molecule has 1 amide bonds. The second-order valence-electron chi connectivity index (χ2n) is 6.01. The summed E-state index contributed by atoms with van der Waals surface area (Å²) in [5, 5.41) is 12.2. The van der Waals surface area contributed by atoms with Gasteiger partial charge in [0, 0.05) is 23.8 Å². The molecule has 2 heterocycles. The molecule has 0 unspecified atom stereocenters. The highest BCUT2D eigenvalue weighted by atomic mass is 32.2. The number of nitrogens with one attached hydrogen (secondary N) is 1. The zero-order valence-corrected chi connectivity index (χ0v) is 16.8. The van der Waals surface area contributed by atoms with Crippen LogP contribution in [0.2, 0.25) is 0 Å². The van der Waals surface area contributed by atoms with Crippen molar-refractivity contribution in [3.63, 3.8) is 0 Å². The lowest BCUT2D eigenvalue weighted by molar-refractivity contribution is 0.0952. The molecule has 0 atom stereocenters. The Balaban J connectivity index is 1.65. The van der Waals surface area contributed by atoms with Crippen LogP contribution in [-0.2, 0) is 0 Å². The number of hydrogen-bond donors (Lipinski definition) is 1. The van der Waals surface area contributed by atoms with E-state index < -0.39 is 11.5 Å². The number of thioether (sulfide) groups is 1. The van der Waals surface area contributed by atoms with Gasteiger partial charge in [-0.15, -0.1) is 10.2 Å². The molecule has 0 spiro atoms. The summed E-state index contributed by atoms with van der Waals surface area (Å²) in [5.74, 6) is 0.791. The van der Waals surface area contributed by atoms with Gasteiger partial charge in [0.05, 0.1) is 6.10 Å². The first-order valence-corrected chi connectivity index (χ1v) is 10.2.